The van der Waals surface area contributed by atoms with Crippen molar-refractivity contribution in [2.24, 2.45) is 5.92 Å². The molecule has 0 N–H and O–H groups in total. The van der Waals surface area contributed by atoms with Gasteiger partial charge in [0.15, 0.2) is 5.76 Å². The smallest absolute Gasteiger partial charge is 0.284 e. The highest BCUT2D eigenvalue weighted by Gasteiger charge is 2.24. The lowest BCUT2D eigenvalue weighted by atomic mass is 9.89. The van der Waals surface area contributed by atoms with Crippen LogP contribution in [0.1, 0.15) is 23.8 Å². The van der Waals surface area contributed by atoms with Crippen LogP contribution >= 0.6 is 23.1 Å². The summed E-state index contributed by atoms with van der Waals surface area (Å²) in [6.45, 7) is 2.31. The maximum absolute atomic E-state index is 5.71. The molecule has 0 aromatic carbocycles. The summed E-state index contributed by atoms with van der Waals surface area (Å²) in [5.41, 5.74) is 1.40. The van der Waals surface area contributed by atoms with Gasteiger partial charge in [-0.1, -0.05) is 6.92 Å². The number of hydrogen-bond acceptors (Lipinski definition) is 8. The molecule has 8 heteroatoms. The lowest BCUT2D eigenvalue weighted by Gasteiger charge is -2.17. The minimum atomic E-state index is 0.374. The Bertz CT molecular complexity index is 1040. The second-order valence-corrected chi connectivity index (χ2v) is 8.19. The first-order valence-electron chi connectivity index (χ1n) is 8.08. The van der Waals surface area contributed by atoms with Gasteiger partial charge < -0.3 is 8.83 Å². The monoisotopic (exact) mass is 370 g/mol. The zero-order valence-corrected chi connectivity index (χ0v) is 15.1. The van der Waals surface area contributed by atoms with Crippen LogP contribution in [-0.2, 0) is 12.8 Å². The summed E-state index contributed by atoms with van der Waals surface area (Å²) in [7, 11) is 0. The number of aryl methyl sites for hydroxylation is 1. The van der Waals surface area contributed by atoms with Gasteiger partial charge in [-0.05, 0) is 54.6 Å². The molecular formula is C17H14N4O2S2. The van der Waals surface area contributed by atoms with E-state index in [9.17, 15) is 0 Å². The van der Waals surface area contributed by atoms with Crippen LogP contribution in [0.4, 0.5) is 0 Å². The summed E-state index contributed by atoms with van der Waals surface area (Å²) in [5.74, 6) is 1.67. The van der Waals surface area contributed by atoms with Crippen LogP contribution in [0, 0.1) is 5.92 Å². The average molecular weight is 370 g/mol. The normalized spacial score (nSPS) is 17.1. The largest absolute Gasteiger partial charge is 0.459 e. The Balaban J connectivity index is 1.53. The van der Waals surface area contributed by atoms with Crippen molar-refractivity contribution in [1.82, 2.24) is 20.2 Å². The number of thiophene rings is 1. The molecule has 1 atom stereocenters. The van der Waals surface area contributed by atoms with Gasteiger partial charge in [0, 0.05) is 10.3 Å². The fraction of sp³-hybridized carbons (Fsp3) is 0.294. The predicted octanol–water partition coefficient (Wildman–Crippen LogP) is 4.61. The van der Waals surface area contributed by atoms with Crippen molar-refractivity contribution < 1.29 is 8.83 Å². The molecule has 1 aliphatic rings. The van der Waals surface area contributed by atoms with E-state index in [-0.39, 0.29) is 0 Å². The second-order valence-electron chi connectivity index (χ2n) is 6.16. The van der Waals surface area contributed by atoms with E-state index in [0.29, 0.717) is 16.9 Å². The van der Waals surface area contributed by atoms with E-state index in [1.165, 1.54) is 28.6 Å². The molecular weight excluding hydrogens is 356 g/mol. The number of nitrogens with zero attached hydrogens (tertiary/aromatic N) is 4. The number of rotatable bonds is 3. The third-order valence-electron chi connectivity index (χ3n) is 4.38. The van der Waals surface area contributed by atoms with Gasteiger partial charge in [0.1, 0.15) is 16.2 Å². The average Bonchev–Trinajstić information content (AvgIpc) is 3.33. The number of fused-ring (bicyclic) bond motifs is 3. The molecule has 25 heavy (non-hydrogen) atoms. The first-order valence-corrected chi connectivity index (χ1v) is 9.71. The van der Waals surface area contributed by atoms with Crippen molar-refractivity contribution in [1.29, 1.82) is 0 Å². The van der Waals surface area contributed by atoms with Crippen molar-refractivity contribution in [3.8, 4) is 11.7 Å². The number of hydrogen-bond donors (Lipinski definition) is 0. The molecule has 0 fully saturated rings. The van der Waals surface area contributed by atoms with Crippen molar-refractivity contribution in [3.63, 3.8) is 0 Å². The molecule has 0 saturated heterocycles. The second kappa shape index (κ2) is 5.96. The van der Waals surface area contributed by atoms with Gasteiger partial charge in [-0.2, -0.15) is 0 Å². The minimum absolute atomic E-state index is 0.374. The van der Waals surface area contributed by atoms with Crippen molar-refractivity contribution >= 4 is 33.3 Å². The van der Waals surface area contributed by atoms with Crippen molar-refractivity contribution in [3.05, 3.63) is 35.2 Å². The highest BCUT2D eigenvalue weighted by molar-refractivity contribution is 7.99. The fourth-order valence-corrected chi connectivity index (χ4v) is 5.36. The molecule has 126 valence electrons. The Labute approximate surface area is 151 Å². The fourth-order valence-electron chi connectivity index (χ4n) is 3.16. The third-order valence-corrected chi connectivity index (χ3v) is 6.38. The molecule has 4 aromatic rings. The molecule has 0 aliphatic heterocycles. The van der Waals surface area contributed by atoms with E-state index in [1.54, 1.807) is 36.1 Å². The Morgan fingerprint density at radius 3 is 3.12 bits per heavy atom. The summed E-state index contributed by atoms with van der Waals surface area (Å²) < 4.78 is 11.0. The van der Waals surface area contributed by atoms with E-state index >= 15 is 0 Å². The topological polar surface area (TPSA) is 77.8 Å². The standard InChI is InChI=1S/C17H14N4O2S2/c1-9-4-5-10-12(7-9)24-15-13(10)16(19-8-18-15)25-17-21-20-14(23-17)11-3-2-6-22-11/h2-3,6,8-9H,4-5,7H2,1H3/t9-/m0/s1. The van der Waals surface area contributed by atoms with Gasteiger partial charge in [0.25, 0.3) is 11.1 Å². The quantitative estimate of drug-likeness (QED) is 0.487. The summed E-state index contributed by atoms with van der Waals surface area (Å²) >= 11 is 3.17. The predicted molar refractivity (Wildman–Crippen MR) is 94.7 cm³/mol. The van der Waals surface area contributed by atoms with Gasteiger partial charge in [-0.3, -0.25) is 0 Å². The first-order chi connectivity index (χ1) is 12.3. The zero-order valence-electron chi connectivity index (χ0n) is 13.4. The van der Waals surface area contributed by atoms with Crippen LogP contribution in [0.15, 0.2) is 43.8 Å². The van der Waals surface area contributed by atoms with Crippen LogP contribution in [0.2, 0.25) is 0 Å². The Kier molecular flexibility index (Phi) is 3.60. The van der Waals surface area contributed by atoms with E-state index in [0.717, 1.165) is 34.0 Å². The van der Waals surface area contributed by atoms with Crippen LogP contribution in [-0.4, -0.2) is 20.2 Å². The molecule has 6 nitrogen and oxygen atoms in total. The number of aromatic nitrogens is 4. The lowest BCUT2D eigenvalue weighted by Crippen LogP contribution is -2.08. The summed E-state index contributed by atoms with van der Waals surface area (Å²) in [6, 6.07) is 3.58. The van der Waals surface area contributed by atoms with Crippen molar-refractivity contribution in [2.45, 2.75) is 36.4 Å². The minimum Gasteiger partial charge on any atom is -0.459 e. The molecule has 0 unspecified atom stereocenters. The van der Waals surface area contributed by atoms with E-state index in [2.05, 4.69) is 27.1 Å². The molecule has 4 aromatic heterocycles. The third kappa shape index (κ3) is 2.65. The molecule has 0 saturated carbocycles. The Morgan fingerprint density at radius 1 is 1.28 bits per heavy atom. The lowest BCUT2D eigenvalue weighted by molar-refractivity contribution is 0.447. The highest BCUT2D eigenvalue weighted by atomic mass is 32.2. The van der Waals surface area contributed by atoms with Crippen molar-refractivity contribution in [2.75, 3.05) is 0 Å². The van der Waals surface area contributed by atoms with Crippen LogP contribution in [0.25, 0.3) is 21.9 Å². The molecule has 0 spiro atoms. The Morgan fingerprint density at radius 2 is 2.24 bits per heavy atom. The van der Waals surface area contributed by atoms with E-state index < -0.39 is 0 Å². The van der Waals surface area contributed by atoms with Gasteiger partial charge in [0.05, 0.1) is 6.26 Å². The molecule has 0 amide bonds. The van der Waals surface area contributed by atoms with Gasteiger partial charge in [-0.25, -0.2) is 9.97 Å². The zero-order chi connectivity index (χ0) is 16.8. The molecule has 5 rings (SSSR count). The maximum atomic E-state index is 5.71. The van der Waals surface area contributed by atoms with Gasteiger partial charge in [0.2, 0.25) is 0 Å². The van der Waals surface area contributed by atoms with E-state index in [1.807, 2.05) is 0 Å². The molecule has 4 heterocycles. The van der Waals surface area contributed by atoms with Gasteiger partial charge >= 0.3 is 0 Å². The summed E-state index contributed by atoms with van der Waals surface area (Å²) in [5, 5.41) is 10.6. The molecule has 1 aliphatic carbocycles. The number of furan rings is 1. The molecule has 0 bridgehead atoms. The van der Waals surface area contributed by atoms with E-state index in [4.69, 9.17) is 8.83 Å². The maximum Gasteiger partial charge on any atom is 0.284 e. The first kappa shape index (κ1) is 15.1. The molecule has 0 radical (unpaired) electrons. The highest BCUT2D eigenvalue weighted by Crippen LogP contribution is 2.42. The van der Waals surface area contributed by atoms with Crippen LogP contribution in [0.3, 0.4) is 0 Å². The summed E-state index contributed by atoms with van der Waals surface area (Å²) in [4.78, 5) is 11.4. The SMILES string of the molecule is C[C@H]1CCc2c(sc3ncnc(Sc4nnc(-c5ccco5)o4)c23)C1. The Hall–Kier alpha value is -2.19. The van der Waals surface area contributed by atoms with Crippen LogP contribution < -0.4 is 0 Å². The van der Waals surface area contributed by atoms with Crippen LogP contribution in [0.5, 0.6) is 0 Å². The van der Waals surface area contributed by atoms with Gasteiger partial charge in [-0.15, -0.1) is 21.5 Å². The summed E-state index contributed by atoms with van der Waals surface area (Å²) in [6.07, 6.45) is 6.61.